The van der Waals surface area contributed by atoms with E-state index in [0.29, 0.717) is 21.6 Å². The second kappa shape index (κ2) is 8.30. The summed E-state index contributed by atoms with van der Waals surface area (Å²) < 4.78 is 1.64. The molecule has 0 aliphatic carbocycles. The predicted octanol–water partition coefficient (Wildman–Crippen LogP) is 6.11. The molecule has 4 rings (SSSR count). The summed E-state index contributed by atoms with van der Waals surface area (Å²) in [5.74, 6) is 0.201. The van der Waals surface area contributed by atoms with Crippen LogP contribution < -0.4 is 5.32 Å². The maximum atomic E-state index is 12.9. The molecule has 4 aromatic rings. The van der Waals surface area contributed by atoms with Gasteiger partial charge in [0, 0.05) is 21.3 Å². The molecule has 7 heteroatoms. The Morgan fingerprint density at radius 1 is 0.900 bits per heavy atom. The Morgan fingerprint density at radius 3 is 2.27 bits per heavy atom. The fourth-order valence-electron chi connectivity index (χ4n) is 2.97. The molecule has 1 N–H and O–H groups in total. The van der Waals surface area contributed by atoms with E-state index in [1.165, 1.54) is 0 Å². The van der Waals surface area contributed by atoms with Crippen LogP contribution >= 0.6 is 23.2 Å². The minimum absolute atomic E-state index is 0.0555. The molecule has 0 unspecified atom stereocenters. The molecule has 150 valence electrons. The van der Waals surface area contributed by atoms with Gasteiger partial charge in [-0.25, -0.2) is 9.67 Å². The maximum absolute atomic E-state index is 12.9. The van der Waals surface area contributed by atoms with Crippen LogP contribution in [0.2, 0.25) is 10.0 Å². The lowest BCUT2D eigenvalue weighted by atomic mass is 10.1. The van der Waals surface area contributed by atoms with Gasteiger partial charge in [0.1, 0.15) is 0 Å². The van der Waals surface area contributed by atoms with Gasteiger partial charge in [-0.3, -0.25) is 4.79 Å². The van der Waals surface area contributed by atoms with Gasteiger partial charge >= 0.3 is 0 Å². The van der Waals surface area contributed by atoms with Gasteiger partial charge in [0.15, 0.2) is 5.82 Å². The lowest BCUT2D eigenvalue weighted by Crippen LogP contribution is -2.15. The van der Waals surface area contributed by atoms with E-state index in [1.807, 2.05) is 56.3 Å². The number of carbonyl (C=O) groups is 1. The Balaban J connectivity index is 1.76. The Labute approximate surface area is 184 Å². The van der Waals surface area contributed by atoms with Crippen LogP contribution in [0.25, 0.3) is 17.1 Å². The summed E-state index contributed by atoms with van der Waals surface area (Å²) in [6.07, 6.45) is 0. The van der Waals surface area contributed by atoms with Gasteiger partial charge in [-0.05, 0) is 55.8 Å². The van der Waals surface area contributed by atoms with Crippen molar-refractivity contribution in [2.24, 2.45) is 0 Å². The van der Waals surface area contributed by atoms with Crippen molar-refractivity contribution < 1.29 is 4.79 Å². The summed E-state index contributed by atoms with van der Waals surface area (Å²) in [7, 11) is 0. The van der Waals surface area contributed by atoms with Crippen LogP contribution in [0.3, 0.4) is 0 Å². The average molecular weight is 437 g/mol. The Kier molecular flexibility index (Phi) is 5.57. The molecule has 0 aliphatic rings. The van der Waals surface area contributed by atoms with E-state index < -0.39 is 5.91 Å². The van der Waals surface area contributed by atoms with Gasteiger partial charge in [0.05, 0.1) is 5.69 Å². The van der Waals surface area contributed by atoms with Crippen molar-refractivity contribution in [1.82, 2.24) is 14.8 Å². The Bertz CT molecular complexity index is 1150. The van der Waals surface area contributed by atoms with Gasteiger partial charge in [0.25, 0.3) is 5.91 Å². The smallest absolute Gasteiger partial charge is 0.295 e. The number of halogens is 2. The molecule has 0 atom stereocenters. The number of benzene rings is 3. The molecular weight excluding hydrogens is 419 g/mol. The molecule has 30 heavy (non-hydrogen) atoms. The molecule has 0 aliphatic heterocycles. The molecule has 0 radical (unpaired) electrons. The van der Waals surface area contributed by atoms with Crippen molar-refractivity contribution in [2.45, 2.75) is 13.8 Å². The van der Waals surface area contributed by atoms with E-state index in [1.54, 1.807) is 28.9 Å². The van der Waals surface area contributed by atoms with E-state index in [2.05, 4.69) is 15.4 Å². The molecule has 3 aromatic carbocycles. The number of aryl methyl sites for hydroxylation is 2. The summed E-state index contributed by atoms with van der Waals surface area (Å²) in [6, 6.07) is 20.4. The van der Waals surface area contributed by atoms with Crippen molar-refractivity contribution in [2.75, 3.05) is 5.32 Å². The minimum atomic E-state index is -0.415. The van der Waals surface area contributed by atoms with Crippen LogP contribution in [0.1, 0.15) is 21.7 Å². The molecule has 0 bridgehead atoms. The highest BCUT2D eigenvalue weighted by molar-refractivity contribution is 6.31. The second-order valence-corrected chi connectivity index (χ2v) is 7.80. The normalized spacial score (nSPS) is 10.8. The third kappa shape index (κ3) is 4.22. The van der Waals surface area contributed by atoms with Crippen LogP contribution in [-0.4, -0.2) is 20.7 Å². The first-order valence-corrected chi connectivity index (χ1v) is 10.0. The predicted molar refractivity (Wildman–Crippen MR) is 121 cm³/mol. The van der Waals surface area contributed by atoms with Crippen molar-refractivity contribution in [1.29, 1.82) is 0 Å². The number of rotatable bonds is 4. The Morgan fingerprint density at radius 2 is 1.57 bits per heavy atom. The largest absolute Gasteiger partial charge is 0.319 e. The van der Waals surface area contributed by atoms with E-state index in [0.717, 1.165) is 22.4 Å². The van der Waals surface area contributed by atoms with Crippen LogP contribution in [0.15, 0.2) is 66.7 Å². The van der Waals surface area contributed by atoms with Crippen LogP contribution in [0.4, 0.5) is 5.69 Å². The van der Waals surface area contributed by atoms with Gasteiger partial charge in [-0.2, -0.15) is 0 Å². The maximum Gasteiger partial charge on any atom is 0.295 e. The zero-order valence-corrected chi connectivity index (χ0v) is 17.9. The van der Waals surface area contributed by atoms with Crippen LogP contribution in [0.5, 0.6) is 0 Å². The molecule has 0 saturated heterocycles. The molecule has 0 spiro atoms. The van der Waals surface area contributed by atoms with Crippen LogP contribution in [-0.2, 0) is 0 Å². The number of aromatic nitrogens is 3. The van der Waals surface area contributed by atoms with Crippen molar-refractivity contribution in [3.63, 3.8) is 0 Å². The standard InChI is InChI=1S/C23H18Cl2N4O/c1-14-3-6-16(7-4-14)22-27-21(28-29(22)19-11-9-17(24)10-12-19)23(30)26-20-13-18(25)8-5-15(20)2/h3-13H,1-2H3,(H,26,30). The number of hydrogen-bond donors (Lipinski definition) is 1. The van der Waals surface area contributed by atoms with E-state index >= 15 is 0 Å². The molecule has 1 heterocycles. The summed E-state index contributed by atoms with van der Waals surface area (Å²) in [5.41, 5.74) is 4.24. The van der Waals surface area contributed by atoms with Crippen LogP contribution in [0, 0.1) is 13.8 Å². The average Bonchev–Trinajstić information content (AvgIpc) is 3.17. The number of nitrogens with one attached hydrogen (secondary N) is 1. The second-order valence-electron chi connectivity index (χ2n) is 6.93. The molecule has 1 amide bonds. The quantitative estimate of drug-likeness (QED) is 0.419. The lowest BCUT2D eigenvalue weighted by molar-refractivity contribution is 0.101. The molecular formula is C23H18Cl2N4O. The monoisotopic (exact) mass is 436 g/mol. The molecule has 1 aromatic heterocycles. The molecule has 0 fully saturated rings. The highest BCUT2D eigenvalue weighted by atomic mass is 35.5. The van der Waals surface area contributed by atoms with Crippen molar-refractivity contribution in [3.8, 4) is 17.1 Å². The van der Waals surface area contributed by atoms with Crippen molar-refractivity contribution >= 4 is 34.8 Å². The summed E-state index contributed by atoms with van der Waals surface area (Å²) >= 11 is 12.1. The topological polar surface area (TPSA) is 59.8 Å². The Hall–Kier alpha value is -3.15. The first-order valence-electron chi connectivity index (χ1n) is 9.28. The van der Waals surface area contributed by atoms with Gasteiger partial charge < -0.3 is 5.32 Å². The van der Waals surface area contributed by atoms with E-state index in [9.17, 15) is 4.79 Å². The highest BCUT2D eigenvalue weighted by Crippen LogP contribution is 2.24. The number of hydrogen-bond acceptors (Lipinski definition) is 3. The van der Waals surface area contributed by atoms with E-state index in [-0.39, 0.29) is 5.82 Å². The van der Waals surface area contributed by atoms with Gasteiger partial charge in [0.2, 0.25) is 5.82 Å². The zero-order valence-electron chi connectivity index (χ0n) is 16.4. The fraction of sp³-hybridized carbons (Fsp3) is 0.0870. The minimum Gasteiger partial charge on any atom is -0.319 e. The third-order valence-corrected chi connectivity index (χ3v) is 5.13. The van der Waals surface area contributed by atoms with Crippen molar-refractivity contribution in [3.05, 3.63) is 93.7 Å². The number of anilines is 1. The van der Waals surface area contributed by atoms with Gasteiger partial charge in [-0.1, -0.05) is 59.1 Å². The molecule has 0 saturated carbocycles. The zero-order chi connectivity index (χ0) is 21.3. The summed E-state index contributed by atoms with van der Waals surface area (Å²) in [5, 5.41) is 8.47. The number of carbonyl (C=O) groups excluding carboxylic acids is 1. The lowest BCUT2D eigenvalue weighted by Gasteiger charge is -2.07. The first-order chi connectivity index (χ1) is 14.4. The fourth-order valence-corrected chi connectivity index (χ4v) is 3.27. The third-order valence-electron chi connectivity index (χ3n) is 4.64. The van der Waals surface area contributed by atoms with E-state index in [4.69, 9.17) is 23.2 Å². The number of nitrogens with zero attached hydrogens (tertiary/aromatic N) is 3. The van der Waals surface area contributed by atoms with Gasteiger partial charge in [-0.15, -0.1) is 5.10 Å². The SMILES string of the molecule is Cc1ccc(-c2nc(C(=O)Nc3cc(Cl)ccc3C)nn2-c2ccc(Cl)cc2)cc1. The number of amides is 1. The summed E-state index contributed by atoms with van der Waals surface area (Å²) in [6.45, 7) is 3.91. The highest BCUT2D eigenvalue weighted by Gasteiger charge is 2.19. The first kappa shape index (κ1) is 20.1. The molecule has 5 nitrogen and oxygen atoms in total. The summed E-state index contributed by atoms with van der Waals surface area (Å²) in [4.78, 5) is 17.4.